The summed E-state index contributed by atoms with van der Waals surface area (Å²) in [4.78, 5) is 0. The Morgan fingerprint density at radius 2 is 1.95 bits per heavy atom. The van der Waals surface area contributed by atoms with Crippen LogP contribution in [0.1, 0.15) is 51.9 Å². The molecule has 0 fully saturated rings. The largest absolute Gasteiger partial charge is 0.487 e. The number of aromatic nitrogens is 2. The third kappa shape index (κ3) is 5.23. The van der Waals surface area contributed by atoms with Gasteiger partial charge in [-0.05, 0) is 60.9 Å². The molecule has 0 radical (unpaired) electrons. The summed E-state index contributed by atoms with van der Waals surface area (Å²) in [5.74, 6) is 0.943. The Labute approximate surface area is 117 Å². The van der Waals surface area contributed by atoms with Crippen molar-refractivity contribution in [2.24, 2.45) is 7.05 Å². The van der Waals surface area contributed by atoms with Crippen molar-refractivity contribution in [3.05, 3.63) is 11.4 Å². The zero-order valence-corrected chi connectivity index (χ0v) is 13.5. The predicted molar refractivity (Wildman–Crippen MR) is 79.8 cm³/mol. The maximum Gasteiger partial charge on any atom is 0.163 e. The third-order valence-corrected chi connectivity index (χ3v) is 3.20. The summed E-state index contributed by atoms with van der Waals surface area (Å²) in [7, 11) is 1.95. The number of hydrogen-bond acceptors (Lipinski definition) is 3. The molecule has 19 heavy (non-hydrogen) atoms. The van der Waals surface area contributed by atoms with Crippen molar-refractivity contribution in [1.82, 2.24) is 15.1 Å². The fraction of sp³-hybridized carbons (Fsp3) is 0.800. The number of nitrogens with one attached hydrogen (secondary N) is 1. The number of aryl methyl sites for hydroxylation is 2. The summed E-state index contributed by atoms with van der Waals surface area (Å²) >= 11 is 0. The molecule has 1 atom stereocenters. The van der Waals surface area contributed by atoms with Gasteiger partial charge in [-0.3, -0.25) is 4.68 Å². The van der Waals surface area contributed by atoms with E-state index in [-0.39, 0.29) is 11.6 Å². The highest BCUT2D eigenvalue weighted by Gasteiger charge is 2.14. The minimum atomic E-state index is 0.195. The molecule has 0 aliphatic heterocycles. The quantitative estimate of drug-likeness (QED) is 0.805. The van der Waals surface area contributed by atoms with Crippen molar-refractivity contribution in [2.75, 3.05) is 6.54 Å². The maximum atomic E-state index is 6.02. The van der Waals surface area contributed by atoms with E-state index < -0.39 is 0 Å². The first kappa shape index (κ1) is 16.0. The van der Waals surface area contributed by atoms with Crippen LogP contribution in [0.5, 0.6) is 5.75 Å². The fourth-order valence-corrected chi connectivity index (χ4v) is 2.04. The molecule has 1 heterocycles. The van der Waals surface area contributed by atoms with Crippen molar-refractivity contribution in [1.29, 1.82) is 0 Å². The van der Waals surface area contributed by atoms with E-state index in [9.17, 15) is 0 Å². The molecule has 1 unspecified atom stereocenters. The average Bonchev–Trinajstić information content (AvgIpc) is 2.50. The molecule has 0 saturated heterocycles. The summed E-state index contributed by atoms with van der Waals surface area (Å²) < 4.78 is 7.89. The van der Waals surface area contributed by atoms with E-state index in [1.165, 1.54) is 0 Å². The zero-order chi connectivity index (χ0) is 14.6. The van der Waals surface area contributed by atoms with Crippen molar-refractivity contribution >= 4 is 0 Å². The van der Waals surface area contributed by atoms with Crippen LogP contribution < -0.4 is 10.1 Å². The molecular formula is C15H29N3O. The summed E-state index contributed by atoms with van der Waals surface area (Å²) in [5, 5.41) is 7.87. The molecule has 0 bridgehead atoms. The van der Waals surface area contributed by atoms with Gasteiger partial charge in [0.15, 0.2) is 5.75 Å². The van der Waals surface area contributed by atoms with Crippen LogP contribution in [0.4, 0.5) is 0 Å². The van der Waals surface area contributed by atoms with Gasteiger partial charge in [-0.1, -0.05) is 0 Å². The smallest absolute Gasteiger partial charge is 0.163 e. The van der Waals surface area contributed by atoms with Gasteiger partial charge >= 0.3 is 0 Å². The highest BCUT2D eigenvalue weighted by Crippen LogP contribution is 2.23. The molecule has 0 spiro atoms. The van der Waals surface area contributed by atoms with E-state index in [1.807, 2.05) is 25.6 Å². The van der Waals surface area contributed by atoms with Crippen molar-refractivity contribution in [3.63, 3.8) is 0 Å². The number of ether oxygens (including phenoxy) is 1. The summed E-state index contributed by atoms with van der Waals surface area (Å²) in [6.07, 6.45) is 2.40. The van der Waals surface area contributed by atoms with Gasteiger partial charge in [-0.2, -0.15) is 5.10 Å². The Balaban J connectivity index is 2.37. The number of hydrogen-bond donors (Lipinski definition) is 1. The van der Waals surface area contributed by atoms with Crippen LogP contribution in [-0.2, 0) is 7.05 Å². The van der Waals surface area contributed by atoms with Crippen LogP contribution in [0.15, 0.2) is 0 Å². The Bertz CT molecular complexity index is 404. The standard InChI is InChI=1S/C15H29N3O/c1-11(9-8-10-16-15(4,5)6)19-14-12(2)17-18(7)13(14)3/h11,16H,8-10H2,1-7H3. The van der Waals surface area contributed by atoms with Gasteiger partial charge in [0, 0.05) is 12.6 Å². The van der Waals surface area contributed by atoms with Crippen LogP contribution in [0.25, 0.3) is 0 Å². The molecule has 1 N–H and O–H groups in total. The monoisotopic (exact) mass is 267 g/mol. The molecule has 1 rings (SSSR count). The highest BCUT2D eigenvalue weighted by atomic mass is 16.5. The lowest BCUT2D eigenvalue weighted by Gasteiger charge is -2.21. The van der Waals surface area contributed by atoms with Crippen LogP contribution in [-0.4, -0.2) is 28.0 Å². The Kier molecular flexibility index (Phi) is 5.41. The van der Waals surface area contributed by atoms with E-state index in [4.69, 9.17) is 4.74 Å². The SMILES string of the molecule is Cc1nn(C)c(C)c1OC(C)CCCNC(C)(C)C. The lowest BCUT2D eigenvalue weighted by atomic mass is 10.1. The second-order valence-corrected chi connectivity index (χ2v) is 6.37. The van der Waals surface area contributed by atoms with Gasteiger partial charge in [-0.15, -0.1) is 0 Å². The molecule has 0 amide bonds. The van der Waals surface area contributed by atoms with E-state index in [1.54, 1.807) is 0 Å². The first-order valence-electron chi connectivity index (χ1n) is 7.12. The summed E-state index contributed by atoms with van der Waals surface area (Å²) in [6.45, 7) is 13.8. The van der Waals surface area contributed by atoms with E-state index in [0.717, 1.165) is 36.5 Å². The van der Waals surface area contributed by atoms with E-state index in [2.05, 4.69) is 38.1 Å². The maximum absolute atomic E-state index is 6.02. The Morgan fingerprint density at radius 1 is 1.32 bits per heavy atom. The third-order valence-electron chi connectivity index (χ3n) is 3.20. The number of nitrogens with zero attached hydrogens (tertiary/aromatic N) is 2. The summed E-state index contributed by atoms with van der Waals surface area (Å²) in [6, 6.07) is 0. The van der Waals surface area contributed by atoms with Gasteiger partial charge in [0.1, 0.15) is 5.69 Å². The molecule has 0 saturated carbocycles. The topological polar surface area (TPSA) is 39.1 Å². The van der Waals surface area contributed by atoms with Crippen LogP contribution in [0.2, 0.25) is 0 Å². The van der Waals surface area contributed by atoms with Crippen molar-refractivity contribution in [3.8, 4) is 5.75 Å². The van der Waals surface area contributed by atoms with Crippen LogP contribution in [0, 0.1) is 13.8 Å². The van der Waals surface area contributed by atoms with Crippen molar-refractivity contribution in [2.45, 2.75) is 66.0 Å². The minimum Gasteiger partial charge on any atom is -0.487 e. The second kappa shape index (κ2) is 6.42. The Morgan fingerprint density at radius 3 is 2.42 bits per heavy atom. The van der Waals surface area contributed by atoms with Crippen LogP contribution >= 0.6 is 0 Å². The minimum absolute atomic E-state index is 0.195. The van der Waals surface area contributed by atoms with Gasteiger partial charge in [0.05, 0.1) is 11.8 Å². The van der Waals surface area contributed by atoms with Gasteiger partial charge in [0.25, 0.3) is 0 Å². The average molecular weight is 267 g/mol. The normalized spacial score (nSPS) is 13.6. The van der Waals surface area contributed by atoms with Gasteiger partial charge in [0.2, 0.25) is 0 Å². The van der Waals surface area contributed by atoms with E-state index in [0.29, 0.717) is 0 Å². The predicted octanol–water partition coefficient (Wildman–Crippen LogP) is 2.97. The fourth-order valence-electron chi connectivity index (χ4n) is 2.04. The first-order chi connectivity index (χ1) is 8.70. The molecular weight excluding hydrogens is 238 g/mol. The highest BCUT2D eigenvalue weighted by molar-refractivity contribution is 5.31. The summed E-state index contributed by atoms with van der Waals surface area (Å²) in [5.41, 5.74) is 2.26. The molecule has 1 aromatic heterocycles. The Hall–Kier alpha value is -1.03. The van der Waals surface area contributed by atoms with Gasteiger partial charge < -0.3 is 10.1 Å². The lowest BCUT2D eigenvalue weighted by molar-refractivity contribution is 0.203. The first-order valence-corrected chi connectivity index (χ1v) is 7.12. The molecule has 4 nitrogen and oxygen atoms in total. The van der Waals surface area contributed by atoms with Crippen molar-refractivity contribution < 1.29 is 4.74 Å². The molecule has 0 aromatic carbocycles. The second-order valence-electron chi connectivity index (χ2n) is 6.37. The zero-order valence-electron chi connectivity index (χ0n) is 13.5. The number of rotatable bonds is 6. The van der Waals surface area contributed by atoms with Crippen LogP contribution in [0.3, 0.4) is 0 Å². The lowest BCUT2D eigenvalue weighted by Crippen LogP contribution is -2.36. The molecule has 1 aromatic rings. The molecule has 0 aliphatic rings. The van der Waals surface area contributed by atoms with E-state index >= 15 is 0 Å². The molecule has 110 valence electrons. The molecule has 0 aliphatic carbocycles. The van der Waals surface area contributed by atoms with Gasteiger partial charge in [-0.25, -0.2) is 0 Å². The molecule has 4 heteroatoms.